The monoisotopic (exact) mass is 286 g/mol. The summed E-state index contributed by atoms with van der Waals surface area (Å²) in [6, 6.07) is 3.74. The summed E-state index contributed by atoms with van der Waals surface area (Å²) >= 11 is 12.4. The number of ether oxygens (including phenoxy) is 1. The van der Waals surface area contributed by atoms with Crippen LogP contribution in [0.15, 0.2) is 12.1 Å². The van der Waals surface area contributed by atoms with Crippen LogP contribution in [0.5, 0.6) is 0 Å². The van der Waals surface area contributed by atoms with Gasteiger partial charge in [0.15, 0.2) is 0 Å². The van der Waals surface area contributed by atoms with Crippen LogP contribution in [0.4, 0.5) is 11.4 Å². The Hall–Kier alpha value is -0.640. The number of anilines is 2. The summed E-state index contributed by atoms with van der Waals surface area (Å²) in [4.78, 5) is 0. The van der Waals surface area contributed by atoms with Gasteiger partial charge in [-0.2, -0.15) is 0 Å². The molecular formula is C13H16Cl2N2O. The van der Waals surface area contributed by atoms with E-state index in [0.717, 1.165) is 18.7 Å². The van der Waals surface area contributed by atoms with Gasteiger partial charge in [-0.25, -0.2) is 0 Å². The molecule has 3 N–H and O–H groups in total. The average molecular weight is 287 g/mol. The topological polar surface area (TPSA) is 47.3 Å². The molecular weight excluding hydrogens is 271 g/mol. The molecule has 3 nitrogen and oxygen atoms in total. The first-order chi connectivity index (χ1) is 8.65. The van der Waals surface area contributed by atoms with Crippen molar-refractivity contribution in [2.24, 2.45) is 5.92 Å². The summed E-state index contributed by atoms with van der Waals surface area (Å²) in [6.45, 7) is 0.809. The molecule has 1 aliphatic heterocycles. The van der Waals surface area contributed by atoms with Crippen LogP contribution in [-0.4, -0.2) is 18.8 Å². The van der Waals surface area contributed by atoms with Crippen LogP contribution >= 0.6 is 23.2 Å². The van der Waals surface area contributed by atoms with Gasteiger partial charge in [0.05, 0.1) is 27.9 Å². The first-order valence-corrected chi connectivity index (χ1v) is 7.03. The van der Waals surface area contributed by atoms with E-state index in [9.17, 15) is 0 Å². The molecule has 3 rings (SSSR count). The molecule has 0 radical (unpaired) electrons. The highest BCUT2D eigenvalue weighted by Gasteiger charge is 2.40. The lowest BCUT2D eigenvalue weighted by Gasteiger charge is -2.22. The van der Waals surface area contributed by atoms with Gasteiger partial charge in [-0.15, -0.1) is 0 Å². The molecule has 0 spiro atoms. The molecule has 1 aliphatic carbocycles. The van der Waals surface area contributed by atoms with Crippen molar-refractivity contribution in [1.82, 2.24) is 0 Å². The minimum Gasteiger partial charge on any atom is -0.399 e. The molecule has 5 heteroatoms. The normalized spacial score (nSPS) is 27.4. The number of nitrogen functional groups attached to an aromatic ring is 1. The molecule has 2 fully saturated rings. The lowest BCUT2D eigenvalue weighted by atomic mass is 10.1. The van der Waals surface area contributed by atoms with Gasteiger partial charge in [0.25, 0.3) is 0 Å². The molecule has 0 aromatic heterocycles. The van der Waals surface area contributed by atoms with E-state index >= 15 is 0 Å². The van der Waals surface area contributed by atoms with Crippen LogP contribution in [0.3, 0.4) is 0 Å². The molecule has 98 valence electrons. The molecule has 1 saturated heterocycles. The molecule has 1 heterocycles. The van der Waals surface area contributed by atoms with E-state index in [2.05, 4.69) is 5.32 Å². The Morgan fingerprint density at radius 1 is 1.17 bits per heavy atom. The molecule has 0 amide bonds. The number of halogens is 2. The Bertz CT molecular complexity index is 439. The van der Waals surface area contributed by atoms with E-state index < -0.39 is 0 Å². The van der Waals surface area contributed by atoms with Crippen LogP contribution in [0.1, 0.15) is 19.3 Å². The van der Waals surface area contributed by atoms with E-state index in [-0.39, 0.29) is 0 Å². The Balaban J connectivity index is 1.79. The Kier molecular flexibility index (Phi) is 3.31. The van der Waals surface area contributed by atoms with Gasteiger partial charge in [-0.1, -0.05) is 23.2 Å². The lowest BCUT2D eigenvalue weighted by molar-refractivity contribution is 0.0898. The molecule has 1 aromatic carbocycles. The summed E-state index contributed by atoms with van der Waals surface area (Å²) in [6.07, 6.45) is 3.84. The Morgan fingerprint density at radius 2 is 1.83 bits per heavy atom. The van der Waals surface area contributed by atoms with Crippen molar-refractivity contribution in [3.05, 3.63) is 22.2 Å². The van der Waals surface area contributed by atoms with Gasteiger partial charge >= 0.3 is 0 Å². The van der Waals surface area contributed by atoms with Crippen LogP contribution in [0.2, 0.25) is 10.0 Å². The first-order valence-electron chi connectivity index (χ1n) is 6.28. The summed E-state index contributed by atoms with van der Waals surface area (Å²) < 4.78 is 5.79. The van der Waals surface area contributed by atoms with E-state index in [1.54, 1.807) is 12.1 Å². The zero-order valence-electron chi connectivity index (χ0n) is 9.96. The van der Waals surface area contributed by atoms with Crippen molar-refractivity contribution in [2.45, 2.75) is 31.4 Å². The van der Waals surface area contributed by atoms with Gasteiger partial charge < -0.3 is 15.8 Å². The number of nitrogens with two attached hydrogens (primary N) is 1. The minimum absolute atomic E-state index is 0.301. The molecule has 2 atom stereocenters. The highest BCUT2D eigenvalue weighted by atomic mass is 35.5. The van der Waals surface area contributed by atoms with Gasteiger partial charge in [0, 0.05) is 12.3 Å². The molecule has 0 bridgehead atoms. The predicted molar refractivity (Wildman–Crippen MR) is 75.4 cm³/mol. The number of hydrogen-bond donors (Lipinski definition) is 2. The highest BCUT2D eigenvalue weighted by Crippen LogP contribution is 2.41. The van der Waals surface area contributed by atoms with Crippen LogP contribution in [0.25, 0.3) is 0 Å². The van der Waals surface area contributed by atoms with Crippen molar-refractivity contribution in [1.29, 1.82) is 0 Å². The van der Waals surface area contributed by atoms with E-state index in [0.29, 0.717) is 33.8 Å². The van der Waals surface area contributed by atoms with Crippen molar-refractivity contribution in [3.8, 4) is 0 Å². The zero-order chi connectivity index (χ0) is 12.7. The number of benzene rings is 1. The molecule has 18 heavy (non-hydrogen) atoms. The summed E-state index contributed by atoms with van der Waals surface area (Å²) in [5.74, 6) is 0.705. The largest absolute Gasteiger partial charge is 0.399 e. The second kappa shape index (κ2) is 4.80. The fraction of sp³-hybridized carbons (Fsp3) is 0.538. The van der Waals surface area contributed by atoms with E-state index in [1.165, 1.54) is 12.8 Å². The Morgan fingerprint density at radius 3 is 2.44 bits per heavy atom. The van der Waals surface area contributed by atoms with E-state index in [4.69, 9.17) is 33.7 Å². The van der Waals surface area contributed by atoms with Crippen LogP contribution < -0.4 is 11.1 Å². The Labute approximate surface area is 117 Å². The average Bonchev–Trinajstić information content (AvgIpc) is 3.04. The fourth-order valence-corrected chi connectivity index (χ4v) is 3.18. The number of nitrogens with one attached hydrogen (secondary N) is 1. The van der Waals surface area contributed by atoms with E-state index in [1.807, 2.05) is 0 Å². The van der Waals surface area contributed by atoms with Gasteiger partial charge in [-0.3, -0.25) is 0 Å². The zero-order valence-corrected chi connectivity index (χ0v) is 11.5. The molecule has 2 aliphatic rings. The van der Waals surface area contributed by atoms with Crippen LogP contribution in [-0.2, 0) is 4.74 Å². The predicted octanol–water partition coefficient (Wildman–Crippen LogP) is 3.56. The smallest absolute Gasteiger partial charge is 0.0804 e. The van der Waals surface area contributed by atoms with Crippen molar-refractivity contribution in [2.75, 3.05) is 17.7 Å². The maximum Gasteiger partial charge on any atom is 0.0804 e. The van der Waals surface area contributed by atoms with Crippen molar-refractivity contribution in [3.63, 3.8) is 0 Å². The third kappa shape index (κ3) is 2.40. The maximum atomic E-state index is 6.19. The van der Waals surface area contributed by atoms with Crippen molar-refractivity contribution < 1.29 is 4.74 Å². The quantitative estimate of drug-likeness (QED) is 0.836. The molecule has 1 saturated carbocycles. The van der Waals surface area contributed by atoms with Crippen LogP contribution in [0, 0.1) is 5.92 Å². The molecule has 1 aromatic rings. The summed E-state index contributed by atoms with van der Waals surface area (Å²) in [7, 11) is 0. The maximum absolute atomic E-state index is 6.19. The summed E-state index contributed by atoms with van der Waals surface area (Å²) in [5, 5.41) is 4.57. The standard InChI is InChI=1S/C13H16Cl2N2O/c14-9-5-8(16)6-10(15)12(9)17-11-3-4-18-13(11)7-1-2-7/h5-7,11,13,17H,1-4,16H2. The lowest BCUT2D eigenvalue weighted by Crippen LogP contribution is -2.31. The molecule has 2 unspecified atom stereocenters. The fourth-order valence-electron chi connectivity index (χ4n) is 2.57. The second-order valence-electron chi connectivity index (χ2n) is 5.07. The summed E-state index contributed by atoms with van der Waals surface area (Å²) in [5.41, 5.74) is 7.05. The SMILES string of the molecule is Nc1cc(Cl)c(NC2CCOC2C2CC2)c(Cl)c1. The first kappa shape index (κ1) is 12.4. The second-order valence-corrected chi connectivity index (χ2v) is 5.89. The third-order valence-electron chi connectivity index (χ3n) is 3.62. The van der Waals surface area contributed by atoms with Gasteiger partial charge in [-0.05, 0) is 37.3 Å². The van der Waals surface area contributed by atoms with Gasteiger partial charge in [0.1, 0.15) is 0 Å². The minimum atomic E-state index is 0.301. The third-order valence-corrected chi connectivity index (χ3v) is 4.21. The highest BCUT2D eigenvalue weighted by molar-refractivity contribution is 6.39. The van der Waals surface area contributed by atoms with Gasteiger partial charge in [0.2, 0.25) is 0 Å². The number of rotatable bonds is 3. The van der Waals surface area contributed by atoms with Crippen molar-refractivity contribution >= 4 is 34.6 Å². The number of hydrogen-bond acceptors (Lipinski definition) is 3.